The Bertz CT molecular complexity index is 1250. The van der Waals surface area contributed by atoms with Gasteiger partial charge in [0.25, 0.3) is 11.5 Å². The Morgan fingerprint density at radius 2 is 1.83 bits per heavy atom. The van der Waals surface area contributed by atoms with E-state index < -0.39 is 0 Å². The number of nitrogens with zero attached hydrogens (tertiary/aromatic N) is 3. The summed E-state index contributed by atoms with van der Waals surface area (Å²) in [5, 5.41) is 13.3. The number of pyridine rings is 1. The van der Waals surface area contributed by atoms with Crippen LogP contribution in [0.5, 0.6) is 5.75 Å². The highest BCUT2D eigenvalue weighted by atomic mass is 32.1. The van der Waals surface area contributed by atoms with E-state index in [1.807, 2.05) is 24.3 Å². The van der Waals surface area contributed by atoms with E-state index in [2.05, 4.69) is 15.5 Å². The summed E-state index contributed by atoms with van der Waals surface area (Å²) in [7, 11) is 3.26. The Hall–Kier alpha value is -3.52. The molecule has 4 rings (SSSR count). The predicted molar refractivity (Wildman–Crippen MR) is 113 cm³/mol. The summed E-state index contributed by atoms with van der Waals surface area (Å²) >= 11 is 1.32. The normalized spacial score (nSPS) is 10.8. The molecule has 7 nitrogen and oxygen atoms in total. The second-order valence-corrected chi connectivity index (χ2v) is 7.55. The van der Waals surface area contributed by atoms with Crippen molar-refractivity contribution in [2.45, 2.75) is 6.42 Å². The Kier molecular flexibility index (Phi) is 5.09. The van der Waals surface area contributed by atoms with Crippen LogP contribution in [0.25, 0.3) is 10.8 Å². The van der Waals surface area contributed by atoms with E-state index in [0.717, 1.165) is 16.3 Å². The van der Waals surface area contributed by atoms with Gasteiger partial charge in [0.05, 0.1) is 12.7 Å². The number of amides is 1. The Morgan fingerprint density at radius 1 is 1.10 bits per heavy atom. The van der Waals surface area contributed by atoms with Crippen LogP contribution in [0, 0.1) is 0 Å². The molecule has 0 radical (unpaired) electrons. The minimum atomic E-state index is -0.330. The fourth-order valence-corrected chi connectivity index (χ4v) is 3.82. The van der Waals surface area contributed by atoms with Crippen molar-refractivity contribution in [1.29, 1.82) is 0 Å². The number of ether oxygens (including phenoxy) is 1. The second kappa shape index (κ2) is 7.84. The van der Waals surface area contributed by atoms with E-state index >= 15 is 0 Å². The highest BCUT2D eigenvalue weighted by molar-refractivity contribution is 7.15. The van der Waals surface area contributed by atoms with Crippen molar-refractivity contribution < 1.29 is 9.53 Å². The minimum absolute atomic E-state index is 0.144. The van der Waals surface area contributed by atoms with Gasteiger partial charge in [0, 0.05) is 30.4 Å². The number of aromatic nitrogens is 3. The van der Waals surface area contributed by atoms with Gasteiger partial charge in [0.15, 0.2) is 0 Å². The average molecular weight is 406 g/mol. The summed E-state index contributed by atoms with van der Waals surface area (Å²) in [6.45, 7) is 0. The first-order valence-electron chi connectivity index (χ1n) is 8.90. The lowest BCUT2D eigenvalue weighted by atomic mass is 10.1. The highest BCUT2D eigenvalue weighted by Crippen LogP contribution is 2.22. The zero-order valence-electron chi connectivity index (χ0n) is 15.9. The number of rotatable bonds is 5. The van der Waals surface area contributed by atoms with E-state index in [1.54, 1.807) is 44.6 Å². The molecule has 1 N–H and O–H groups in total. The first kappa shape index (κ1) is 18.8. The van der Waals surface area contributed by atoms with Crippen LogP contribution in [-0.2, 0) is 13.5 Å². The van der Waals surface area contributed by atoms with Crippen LogP contribution < -0.4 is 15.6 Å². The number of hydrogen-bond donors (Lipinski definition) is 1. The van der Waals surface area contributed by atoms with Gasteiger partial charge >= 0.3 is 0 Å². The Labute approximate surface area is 170 Å². The molecule has 0 bridgehead atoms. The van der Waals surface area contributed by atoms with Gasteiger partial charge in [-0.1, -0.05) is 41.7 Å². The molecular weight excluding hydrogens is 388 g/mol. The lowest BCUT2D eigenvalue weighted by Crippen LogP contribution is -2.21. The van der Waals surface area contributed by atoms with E-state index in [0.29, 0.717) is 27.9 Å². The number of methoxy groups -OCH3 is 1. The molecule has 2 aromatic carbocycles. The number of carbonyl (C=O) groups excluding carboxylic acids is 1. The van der Waals surface area contributed by atoms with Crippen LogP contribution in [0.2, 0.25) is 0 Å². The molecule has 0 aliphatic rings. The summed E-state index contributed by atoms with van der Waals surface area (Å²) in [5.74, 6) is 0.465. The maximum atomic E-state index is 12.8. The van der Waals surface area contributed by atoms with Gasteiger partial charge in [0.2, 0.25) is 5.13 Å². The van der Waals surface area contributed by atoms with Gasteiger partial charge < -0.3 is 9.30 Å². The third kappa shape index (κ3) is 3.88. The van der Waals surface area contributed by atoms with E-state index in [9.17, 15) is 9.59 Å². The van der Waals surface area contributed by atoms with Crippen LogP contribution in [0.1, 0.15) is 20.9 Å². The number of carbonyl (C=O) groups is 1. The van der Waals surface area contributed by atoms with Gasteiger partial charge in [-0.3, -0.25) is 14.9 Å². The van der Waals surface area contributed by atoms with Gasteiger partial charge in [-0.05, 0) is 23.8 Å². The van der Waals surface area contributed by atoms with Gasteiger partial charge in [-0.25, -0.2) is 0 Å². The van der Waals surface area contributed by atoms with Gasteiger partial charge in [-0.15, -0.1) is 10.2 Å². The number of nitrogens with one attached hydrogen (secondary N) is 1. The van der Waals surface area contributed by atoms with Crippen molar-refractivity contribution in [3.8, 4) is 5.75 Å². The molecule has 2 heterocycles. The largest absolute Gasteiger partial charge is 0.497 e. The Balaban J connectivity index is 1.55. The molecule has 1 amide bonds. The number of aryl methyl sites for hydroxylation is 1. The summed E-state index contributed by atoms with van der Waals surface area (Å²) in [6, 6.07) is 14.8. The van der Waals surface area contributed by atoms with Crippen LogP contribution in [-0.4, -0.2) is 27.8 Å². The molecule has 29 heavy (non-hydrogen) atoms. The van der Waals surface area contributed by atoms with Gasteiger partial charge in [0.1, 0.15) is 10.8 Å². The molecule has 146 valence electrons. The smallest absolute Gasteiger partial charge is 0.259 e. The average Bonchev–Trinajstić information content (AvgIpc) is 3.18. The quantitative estimate of drug-likeness (QED) is 0.550. The third-order valence-corrected chi connectivity index (χ3v) is 5.38. The van der Waals surface area contributed by atoms with Crippen molar-refractivity contribution in [3.63, 3.8) is 0 Å². The zero-order valence-corrected chi connectivity index (χ0v) is 16.7. The molecule has 0 unspecified atom stereocenters. The van der Waals surface area contributed by atoms with E-state index in [-0.39, 0.29) is 11.5 Å². The van der Waals surface area contributed by atoms with Crippen molar-refractivity contribution >= 4 is 33.1 Å². The molecule has 8 heteroatoms. The lowest BCUT2D eigenvalue weighted by Gasteiger charge is -2.08. The molecule has 0 saturated heterocycles. The lowest BCUT2D eigenvalue weighted by molar-refractivity contribution is 0.102. The van der Waals surface area contributed by atoms with Crippen LogP contribution in [0.4, 0.5) is 5.13 Å². The predicted octanol–water partition coefficient (Wildman–Crippen LogP) is 3.24. The number of hydrogen-bond acceptors (Lipinski definition) is 6. The van der Waals surface area contributed by atoms with Crippen molar-refractivity contribution in [2.24, 2.45) is 7.05 Å². The molecule has 2 aromatic heterocycles. The summed E-state index contributed by atoms with van der Waals surface area (Å²) in [6.07, 6.45) is 2.15. The number of anilines is 1. The third-order valence-electron chi connectivity index (χ3n) is 4.54. The first-order chi connectivity index (χ1) is 14.0. The highest BCUT2D eigenvalue weighted by Gasteiger charge is 2.16. The van der Waals surface area contributed by atoms with Crippen molar-refractivity contribution in [3.05, 3.63) is 81.2 Å². The van der Waals surface area contributed by atoms with E-state index in [4.69, 9.17) is 4.74 Å². The SMILES string of the molecule is COc1ccc(Cc2nnc(NC(=O)c3cn(C)c(=O)c4ccccc34)s2)cc1. The second-order valence-electron chi connectivity index (χ2n) is 6.48. The molecule has 4 aromatic rings. The van der Waals surface area contributed by atoms with Crippen LogP contribution in [0.15, 0.2) is 59.5 Å². The molecule has 0 aliphatic carbocycles. The van der Waals surface area contributed by atoms with Crippen LogP contribution >= 0.6 is 11.3 Å². The Morgan fingerprint density at radius 3 is 2.55 bits per heavy atom. The van der Waals surface area contributed by atoms with E-state index in [1.165, 1.54) is 15.9 Å². The number of fused-ring (bicyclic) bond motifs is 1. The molecule has 0 spiro atoms. The molecule has 0 saturated carbocycles. The topological polar surface area (TPSA) is 86.1 Å². The first-order valence-corrected chi connectivity index (χ1v) is 9.72. The fraction of sp³-hybridized carbons (Fsp3) is 0.143. The standard InChI is InChI=1S/C21H18N4O3S/c1-25-12-17(15-5-3-4-6-16(15)20(25)27)19(26)22-21-24-23-18(29-21)11-13-7-9-14(28-2)10-8-13/h3-10,12H,11H2,1-2H3,(H,22,24,26). The van der Waals surface area contributed by atoms with Crippen molar-refractivity contribution in [2.75, 3.05) is 12.4 Å². The maximum absolute atomic E-state index is 12.8. The van der Waals surface area contributed by atoms with Gasteiger partial charge in [-0.2, -0.15) is 0 Å². The molecule has 0 aliphatic heterocycles. The summed E-state index contributed by atoms with van der Waals surface area (Å²) in [5.41, 5.74) is 1.34. The number of benzene rings is 2. The zero-order chi connectivity index (χ0) is 20.4. The molecule has 0 fully saturated rings. The summed E-state index contributed by atoms with van der Waals surface area (Å²) < 4.78 is 6.57. The van der Waals surface area contributed by atoms with Crippen molar-refractivity contribution in [1.82, 2.24) is 14.8 Å². The molecular formula is C21H18N4O3S. The fourth-order valence-electron chi connectivity index (χ4n) is 3.06. The minimum Gasteiger partial charge on any atom is -0.497 e. The van der Waals surface area contributed by atoms with Crippen LogP contribution in [0.3, 0.4) is 0 Å². The summed E-state index contributed by atoms with van der Waals surface area (Å²) in [4.78, 5) is 25.1. The molecule has 0 atom stereocenters. The maximum Gasteiger partial charge on any atom is 0.259 e. The monoisotopic (exact) mass is 406 g/mol.